The molecule has 4 rings (SSSR count). The Labute approximate surface area is 199 Å². The van der Waals surface area contributed by atoms with Crippen LogP contribution in [0.25, 0.3) is 10.2 Å². The largest absolute Gasteiger partial charge is 0.497 e. The van der Waals surface area contributed by atoms with Crippen molar-refractivity contribution in [3.05, 3.63) is 81.9 Å². The number of ether oxygens (including phenoxy) is 3. The molecule has 0 saturated carbocycles. The number of fused-ring (bicyclic) bond motifs is 1. The molecule has 0 radical (unpaired) electrons. The van der Waals surface area contributed by atoms with E-state index in [9.17, 15) is 14.9 Å². The normalized spacial score (nSPS) is 10.7. The number of benzene rings is 3. The van der Waals surface area contributed by atoms with Gasteiger partial charge in [-0.25, -0.2) is 4.98 Å². The average molecular weight is 480 g/mol. The second-order valence-electron chi connectivity index (χ2n) is 7.19. The van der Waals surface area contributed by atoms with E-state index in [-0.39, 0.29) is 29.3 Å². The molecule has 3 aromatic carbocycles. The first-order valence-electron chi connectivity index (χ1n) is 10.2. The second-order valence-corrected chi connectivity index (χ2v) is 8.20. The van der Waals surface area contributed by atoms with Gasteiger partial charge in [-0.3, -0.25) is 19.8 Å². The molecule has 1 aromatic heterocycles. The number of carbonyl (C=O) groups is 1. The minimum Gasteiger partial charge on any atom is -0.497 e. The van der Waals surface area contributed by atoms with E-state index in [0.717, 1.165) is 10.3 Å². The van der Waals surface area contributed by atoms with E-state index in [1.54, 1.807) is 13.2 Å². The number of methoxy groups -OCH3 is 3. The molecule has 9 nitrogen and oxygen atoms in total. The Hall–Kier alpha value is -4.18. The molecule has 0 aliphatic carbocycles. The van der Waals surface area contributed by atoms with E-state index in [2.05, 4.69) is 4.98 Å². The van der Waals surface area contributed by atoms with Crippen LogP contribution in [-0.2, 0) is 6.54 Å². The van der Waals surface area contributed by atoms with E-state index in [1.807, 2.05) is 42.5 Å². The summed E-state index contributed by atoms with van der Waals surface area (Å²) in [6, 6.07) is 17.3. The summed E-state index contributed by atoms with van der Waals surface area (Å²) in [6.07, 6.45) is 0. The van der Waals surface area contributed by atoms with Gasteiger partial charge in [-0.1, -0.05) is 41.7 Å². The summed E-state index contributed by atoms with van der Waals surface area (Å²) in [4.78, 5) is 31.1. The van der Waals surface area contributed by atoms with Crippen molar-refractivity contribution in [1.82, 2.24) is 4.98 Å². The van der Waals surface area contributed by atoms with Crippen LogP contribution in [0.2, 0.25) is 0 Å². The van der Waals surface area contributed by atoms with Gasteiger partial charge < -0.3 is 14.2 Å². The quantitative estimate of drug-likeness (QED) is 0.256. The Morgan fingerprint density at radius 1 is 1.00 bits per heavy atom. The van der Waals surface area contributed by atoms with Gasteiger partial charge in [-0.05, 0) is 17.7 Å². The molecule has 0 aliphatic heterocycles. The molecule has 34 heavy (non-hydrogen) atoms. The third-order valence-electron chi connectivity index (χ3n) is 5.17. The fourth-order valence-electron chi connectivity index (χ4n) is 3.47. The Bertz CT molecular complexity index is 1360. The van der Waals surface area contributed by atoms with Crippen LogP contribution < -0.4 is 19.1 Å². The first kappa shape index (κ1) is 23.0. The topological polar surface area (TPSA) is 104 Å². The number of thiazole rings is 1. The van der Waals surface area contributed by atoms with Crippen molar-refractivity contribution in [3.8, 4) is 17.2 Å². The number of nitrogens with zero attached hydrogens (tertiary/aromatic N) is 3. The minimum atomic E-state index is -0.612. The molecule has 4 aromatic rings. The number of nitro groups is 1. The SMILES string of the molecule is COc1ccc2sc(N(Cc3ccccc3)C(=O)c3cc(OC)c(OC)cc3[N+](=O)[O-])nc2c1. The molecule has 0 fully saturated rings. The van der Waals surface area contributed by atoms with Gasteiger partial charge in [0, 0.05) is 12.1 Å². The Balaban J connectivity index is 1.86. The third kappa shape index (κ3) is 4.48. The highest BCUT2D eigenvalue weighted by Crippen LogP contribution is 2.37. The van der Waals surface area contributed by atoms with Crippen molar-refractivity contribution in [2.75, 3.05) is 26.2 Å². The average Bonchev–Trinajstić information content (AvgIpc) is 3.29. The van der Waals surface area contributed by atoms with Gasteiger partial charge >= 0.3 is 0 Å². The first-order valence-corrected chi connectivity index (χ1v) is 11.0. The molecule has 174 valence electrons. The lowest BCUT2D eigenvalue weighted by molar-refractivity contribution is -0.385. The first-order chi connectivity index (χ1) is 16.4. The van der Waals surface area contributed by atoms with Gasteiger partial charge in [0.05, 0.1) is 49.1 Å². The molecule has 0 bridgehead atoms. The summed E-state index contributed by atoms with van der Waals surface area (Å²) in [7, 11) is 4.34. The molecule has 0 spiro atoms. The Morgan fingerprint density at radius 2 is 1.71 bits per heavy atom. The lowest BCUT2D eigenvalue weighted by atomic mass is 10.1. The maximum Gasteiger partial charge on any atom is 0.286 e. The number of amides is 1. The maximum atomic E-state index is 13.8. The third-order valence-corrected chi connectivity index (χ3v) is 6.23. The van der Waals surface area contributed by atoms with Crippen LogP contribution >= 0.6 is 11.3 Å². The number of hydrogen-bond donors (Lipinski definition) is 0. The maximum absolute atomic E-state index is 13.8. The van der Waals surface area contributed by atoms with E-state index in [0.29, 0.717) is 16.4 Å². The van der Waals surface area contributed by atoms with Crippen LogP contribution in [0.4, 0.5) is 10.8 Å². The van der Waals surface area contributed by atoms with Crippen molar-refractivity contribution >= 4 is 38.3 Å². The van der Waals surface area contributed by atoms with Crippen molar-refractivity contribution < 1.29 is 23.9 Å². The van der Waals surface area contributed by atoms with Gasteiger partial charge in [0.15, 0.2) is 16.6 Å². The lowest BCUT2D eigenvalue weighted by Gasteiger charge is -2.21. The molecule has 1 amide bonds. The molecule has 0 atom stereocenters. The Morgan fingerprint density at radius 3 is 2.35 bits per heavy atom. The molecule has 0 unspecified atom stereocenters. The van der Waals surface area contributed by atoms with Gasteiger partial charge in [-0.15, -0.1) is 0 Å². The highest BCUT2D eigenvalue weighted by atomic mass is 32.1. The number of carbonyl (C=O) groups excluding carboxylic acids is 1. The molecule has 0 N–H and O–H groups in total. The number of hydrogen-bond acceptors (Lipinski definition) is 8. The van der Waals surface area contributed by atoms with E-state index in [1.165, 1.54) is 42.6 Å². The van der Waals surface area contributed by atoms with Crippen molar-refractivity contribution in [2.24, 2.45) is 0 Å². The monoisotopic (exact) mass is 479 g/mol. The van der Waals surface area contributed by atoms with Crippen LogP contribution in [0, 0.1) is 10.1 Å². The van der Waals surface area contributed by atoms with Crippen molar-refractivity contribution in [1.29, 1.82) is 0 Å². The number of anilines is 1. The van der Waals surface area contributed by atoms with E-state index < -0.39 is 10.8 Å². The molecular weight excluding hydrogens is 458 g/mol. The predicted molar refractivity (Wildman–Crippen MR) is 129 cm³/mol. The second kappa shape index (κ2) is 9.75. The number of aromatic nitrogens is 1. The zero-order valence-electron chi connectivity index (χ0n) is 18.7. The fourth-order valence-corrected chi connectivity index (χ4v) is 4.41. The summed E-state index contributed by atoms with van der Waals surface area (Å²) in [5.74, 6) is 0.431. The van der Waals surface area contributed by atoms with Crippen molar-refractivity contribution in [2.45, 2.75) is 6.54 Å². The lowest BCUT2D eigenvalue weighted by Crippen LogP contribution is -2.31. The van der Waals surface area contributed by atoms with Crippen LogP contribution in [0.15, 0.2) is 60.7 Å². The minimum absolute atomic E-state index is 0.129. The van der Waals surface area contributed by atoms with Gasteiger partial charge in [-0.2, -0.15) is 0 Å². The Kier molecular flexibility index (Phi) is 6.60. The molecule has 1 heterocycles. The number of nitro benzene ring substituents is 1. The van der Waals surface area contributed by atoms with Gasteiger partial charge in [0.1, 0.15) is 11.3 Å². The molecule has 0 aliphatic rings. The molecule has 10 heteroatoms. The van der Waals surface area contributed by atoms with Crippen LogP contribution in [0.3, 0.4) is 0 Å². The smallest absolute Gasteiger partial charge is 0.286 e. The van der Waals surface area contributed by atoms with Crippen LogP contribution in [0.5, 0.6) is 17.2 Å². The fraction of sp³-hybridized carbons (Fsp3) is 0.167. The zero-order chi connectivity index (χ0) is 24.2. The summed E-state index contributed by atoms with van der Waals surface area (Å²) in [5.41, 5.74) is 0.988. The summed E-state index contributed by atoms with van der Waals surface area (Å²) in [6.45, 7) is 0.169. The summed E-state index contributed by atoms with van der Waals surface area (Å²) in [5, 5.41) is 12.2. The van der Waals surface area contributed by atoms with Crippen LogP contribution in [0.1, 0.15) is 15.9 Å². The van der Waals surface area contributed by atoms with Crippen molar-refractivity contribution in [3.63, 3.8) is 0 Å². The van der Waals surface area contributed by atoms with Gasteiger partial charge in [0.2, 0.25) is 0 Å². The van der Waals surface area contributed by atoms with E-state index >= 15 is 0 Å². The van der Waals surface area contributed by atoms with Crippen LogP contribution in [-0.4, -0.2) is 37.1 Å². The highest BCUT2D eigenvalue weighted by molar-refractivity contribution is 7.22. The van der Waals surface area contributed by atoms with Gasteiger partial charge in [0.25, 0.3) is 11.6 Å². The number of rotatable bonds is 8. The van der Waals surface area contributed by atoms with E-state index in [4.69, 9.17) is 14.2 Å². The highest BCUT2D eigenvalue weighted by Gasteiger charge is 2.30. The standard InChI is InChI=1S/C24H21N3O6S/c1-31-16-9-10-22-18(11-16)25-24(34-22)26(14-15-7-5-4-6-8-15)23(28)17-12-20(32-2)21(33-3)13-19(17)27(29)30/h4-13H,14H2,1-3H3. The predicted octanol–water partition coefficient (Wildman–Crippen LogP) is 5.08. The molecule has 0 saturated heterocycles. The zero-order valence-corrected chi connectivity index (χ0v) is 19.5. The molecular formula is C24H21N3O6S. The summed E-state index contributed by atoms with van der Waals surface area (Å²) >= 11 is 1.31. The summed E-state index contributed by atoms with van der Waals surface area (Å²) < 4.78 is 16.6.